The Morgan fingerprint density at radius 1 is 1.50 bits per heavy atom. The van der Waals surface area contributed by atoms with Crippen molar-refractivity contribution in [2.75, 3.05) is 13.7 Å². The highest BCUT2D eigenvalue weighted by atomic mass is 16.5. The van der Waals surface area contributed by atoms with Crippen LogP contribution in [0.5, 0.6) is 5.75 Å². The van der Waals surface area contributed by atoms with Gasteiger partial charge in [-0.1, -0.05) is 18.2 Å². The summed E-state index contributed by atoms with van der Waals surface area (Å²) in [5.41, 5.74) is 1.01. The Morgan fingerprint density at radius 2 is 2.28 bits per heavy atom. The zero-order valence-corrected chi connectivity index (χ0v) is 10.9. The minimum absolute atomic E-state index is 0.0397. The van der Waals surface area contributed by atoms with Gasteiger partial charge in [0.25, 0.3) is 0 Å². The van der Waals surface area contributed by atoms with E-state index in [1.54, 1.807) is 7.11 Å². The summed E-state index contributed by atoms with van der Waals surface area (Å²) in [6, 6.07) is 7.68. The lowest BCUT2D eigenvalue weighted by Gasteiger charge is -2.19. The predicted molar refractivity (Wildman–Crippen MR) is 70.6 cm³/mol. The maximum absolute atomic E-state index is 12.0. The van der Waals surface area contributed by atoms with Gasteiger partial charge in [-0.25, -0.2) is 0 Å². The highest BCUT2D eigenvalue weighted by Crippen LogP contribution is 2.24. The van der Waals surface area contributed by atoms with Crippen molar-refractivity contribution >= 4 is 5.91 Å². The molecular formula is C14H20N2O2. The second-order valence-corrected chi connectivity index (χ2v) is 4.62. The normalized spacial score (nSPS) is 20.4. The molecule has 1 saturated heterocycles. The summed E-state index contributed by atoms with van der Waals surface area (Å²) in [6.45, 7) is 2.91. The lowest BCUT2D eigenvalue weighted by atomic mass is 10.1. The summed E-state index contributed by atoms with van der Waals surface area (Å²) in [7, 11) is 1.64. The number of rotatable bonds is 4. The summed E-state index contributed by atoms with van der Waals surface area (Å²) in [6.07, 6.45) is 1.99. The second-order valence-electron chi connectivity index (χ2n) is 4.62. The van der Waals surface area contributed by atoms with Crippen molar-refractivity contribution < 1.29 is 9.53 Å². The van der Waals surface area contributed by atoms with Crippen LogP contribution in [0.3, 0.4) is 0 Å². The molecule has 1 heterocycles. The van der Waals surface area contributed by atoms with E-state index in [4.69, 9.17) is 4.74 Å². The average molecular weight is 248 g/mol. The number of carbonyl (C=O) groups is 1. The fourth-order valence-electron chi connectivity index (χ4n) is 2.32. The maximum Gasteiger partial charge on any atom is 0.237 e. The molecule has 0 saturated carbocycles. The first-order chi connectivity index (χ1) is 8.72. The molecule has 1 unspecified atom stereocenters. The SMILES string of the molecule is COc1ccccc1[C@H](C)NC(=O)C1CCCN1. The summed E-state index contributed by atoms with van der Waals surface area (Å²) in [5, 5.41) is 6.23. The Morgan fingerprint density at radius 3 is 2.94 bits per heavy atom. The Labute approximate surface area is 108 Å². The van der Waals surface area contributed by atoms with E-state index in [1.807, 2.05) is 31.2 Å². The van der Waals surface area contributed by atoms with Gasteiger partial charge in [-0.15, -0.1) is 0 Å². The topological polar surface area (TPSA) is 50.4 Å². The molecule has 1 aliphatic rings. The van der Waals surface area contributed by atoms with Crippen LogP contribution in [0.4, 0.5) is 0 Å². The summed E-state index contributed by atoms with van der Waals surface area (Å²) in [5.74, 6) is 0.885. The first-order valence-electron chi connectivity index (χ1n) is 6.39. The molecule has 0 bridgehead atoms. The van der Waals surface area contributed by atoms with Crippen LogP contribution in [-0.4, -0.2) is 25.6 Å². The van der Waals surface area contributed by atoms with E-state index < -0.39 is 0 Å². The summed E-state index contributed by atoms with van der Waals surface area (Å²) in [4.78, 5) is 12.0. The molecule has 0 aliphatic carbocycles. The third-order valence-corrected chi connectivity index (χ3v) is 3.34. The molecule has 1 aromatic carbocycles. The standard InChI is InChI=1S/C14H20N2O2/c1-10(11-6-3-4-8-13(11)18-2)16-14(17)12-7-5-9-15-12/h3-4,6,8,10,12,15H,5,7,9H2,1-2H3,(H,16,17)/t10-,12?/m0/s1. The molecule has 1 fully saturated rings. The molecule has 2 atom stereocenters. The summed E-state index contributed by atoms with van der Waals surface area (Å²) < 4.78 is 5.31. The fraction of sp³-hybridized carbons (Fsp3) is 0.500. The summed E-state index contributed by atoms with van der Waals surface area (Å²) >= 11 is 0. The molecule has 1 aliphatic heterocycles. The first-order valence-corrected chi connectivity index (χ1v) is 6.39. The number of benzene rings is 1. The molecule has 0 aromatic heterocycles. The van der Waals surface area contributed by atoms with Crippen LogP contribution < -0.4 is 15.4 Å². The molecule has 2 rings (SSSR count). The van der Waals surface area contributed by atoms with Crippen molar-refractivity contribution in [3.8, 4) is 5.75 Å². The first kappa shape index (κ1) is 12.9. The molecule has 0 radical (unpaired) electrons. The zero-order chi connectivity index (χ0) is 13.0. The fourth-order valence-corrected chi connectivity index (χ4v) is 2.32. The van der Waals surface area contributed by atoms with Crippen molar-refractivity contribution in [3.05, 3.63) is 29.8 Å². The molecule has 2 N–H and O–H groups in total. The highest BCUT2D eigenvalue weighted by molar-refractivity contribution is 5.82. The molecule has 1 aromatic rings. The predicted octanol–water partition coefficient (Wildman–Crippen LogP) is 1.62. The molecule has 18 heavy (non-hydrogen) atoms. The van der Waals surface area contributed by atoms with Gasteiger partial charge >= 0.3 is 0 Å². The van der Waals surface area contributed by atoms with Gasteiger partial charge in [0, 0.05) is 5.56 Å². The zero-order valence-electron chi connectivity index (χ0n) is 10.9. The lowest BCUT2D eigenvalue weighted by Crippen LogP contribution is -2.41. The van der Waals surface area contributed by atoms with Gasteiger partial charge in [0.05, 0.1) is 19.2 Å². The van der Waals surface area contributed by atoms with Gasteiger partial charge in [-0.2, -0.15) is 0 Å². The van der Waals surface area contributed by atoms with Crippen molar-refractivity contribution in [1.29, 1.82) is 0 Å². The van der Waals surface area contributed by atoms with E-state index in [0.717, 1.165) is 30.7 Å². The number of methoxy groups -OCH3 is 1. The largest absolute Gasteiger partial charge is 0.496 e. The average Bonchev–Trinajstić information content (AvgIpc) is 2.92. The van der Waals surface area contributed by atoms with Crippen LogP contribution in [0.2, 0.25) is 0 Å². The third kappa shape index (κ3) is 2.82. The van der Waals surface area contributed by atoms with E-state index in [-0.39, 0.29) is 18.0 Å². The van der Waals surface area contributed by atoms with Crippen LogP contribution >= 0.6 is 0 Å². The molecule has 98 valence electrons. The van der Waals surface area contributed by atoms with E-state index in [9.17, 15) is 4.79 Å². The smallest absolute Gasteiger partial charge is 0.237 e. The quantitative estimate of drug-likeness (QED) is 0.851. The van der Waals surface area contributed by atoms with Crippen LogP contribution in [0.25, 0.3) is 0 Å². The van der Waals surface area contributed by atoms with E-state index in [1.165, 1.54) is 0 Å². The van der Waals surface area contributed by atoms with Gasteiger partial charge in [-0.3, -0.25) is 4.79 Å². The molecule has 4 heteroatoms. The highest BCUT2D eigenvalue weighted by Gasteiger charge is 2.23. The van der Waals surface area contributed by atoms with Gasteiger partial charge in [0.2, 0.25) is 5.91 Å². The van der Waals surface area contributed by atoms with Crippen LogP contribution in [0, 0.1) is 0 Å². The third-order valence-electron chi connectivity index (χ3n) is 3.34. The number of hydrogen-bond acceptors (Lipinski definition) is 3. The van der Waals surface area contributed by atoms with Crippen molar-refractivity contribution in [2.45, 2.75) is 31.8 Å². The molecular weight excluding hydrogens is 228 g/mol. The number of carbonyl (C=O) groups excluding carboxylic acids is 1. The number of nitrogens with one attached hydrogen (secondary N) is 2. The van der Waals surface area contributed by atoms with Crippen LogP contribution in [-0.2, 0) is 4.79 Å². The van der Waals surface area contributed by atoms with Crippen molar-refractivity contribution in [2.24, 2.45) is 0 Å². The molecule has 1 amide bonds. The maximum atomic E-state index is 12.0. The molecule has 4 nitrogen and oxygen atoms in total. The van der Waals surface area contributed by atoms with E-state index >= 15 is 0 Å². The number of para-hydroxylation sites is 1. The Kier molecular flexibility index (Phi) is 4.20. The lowest BCUT2D eigenvalue weighted by molar-refractivity contribution is -0.123. The van der Waals surface area contributed by atoms with Gasteiger partial charge in [0.15, 0.2) is 0 Å². The monoisotopic (exact) mass is 248 g/mol. The number of ether oxygens (including phenoxy) is 1. The van der Waals surface area contributed by atoms with Gasteiger partial charge in [0.1, 0.15) is 5.75 Å². The Balaban J connectivity index is 2.02. The van der Waals surface area contributed by atoms with Crippen molar-refractivity contribution in [3.63, 3.8) is 0 Å². The minimum Gasteiger partial charge on any atom is -0.496 e. The van der Waals surface area contributed by atoms with Crippen molar-refractivity contribution in [1.82, 2.24) is 10.6 Å². The Hall–Kier alpha value is -1.55. The van der Waals surface area contributed by atoms with Gasteiger partial charge in [-0.05, 0) is 32.4 Å². The Bertz CT molecular complexity index is 414. The van der Waals surface area contributed by atoms with E-state index in [0.29, 0.717) is 0 Å². The number of amides is 1. The van der Waals surface area contributed by atoms with Gasteiger partial charge < -0.3 is 15.4 Å². The minimum atomic E-state index is -0.0453. The van der Waals surface area contributed by atoms with Crippen LogP contribution in [0.15, 0.2) is 24.3 Å². The molecule has 0 spiro atoms. The number of hydrogen-bond donors (Lipinski definition) is 2. The second kappa shape index (κ2) is 5.87. The van der Waals surface area contributed by atoms with E-state index in [2.05, 4.69) is 10.6 Å². The van der Waals surface area contributed by atoms with Crippen LogP contribution in [0.1, 0.15) is 31.4 Å².